The van der Waals surface area contributed by atoms with E-state index in [0.29, 0.717) is 13.0 Å². The van der Waals surface area contributed by atoms with Gasteiger partial charge in [-0.2, -0.15) is 0 Å². The first-order chi connectivity index (χ1) is 7.35. The summed E-state index contributed by atoms with van der Waals surface area (Å²) in [4.78, 5) is 12.9. The lowest BCUT2D eigenvalue weighted by molar-refractivity contribution is -0.120. The van der Waals surface area contributed by atoms with Crippen LogP contribution in [0.3, 0.4) is 0 Å². The highest BCUT2D eigenvalue weighted by molar-refractivity contribution is 7.91. The Kier molecular flexibility index (Phi) is 4.28. The molecule has 1 fully saturated rings. The third kappa shape index (κ3) is 3.43. The van der Waals surface area contributed by atoms with Gasteiger partial charge in [-0.1, -0.05) is 0 Å². The van der Waals surface area contributed by atoms with Gasteiger partial charge in [0.2, 0.25) is 5.91 Å². The summed E-state index contributed by atoms with van der Waals surface area (Å²) in [6.07, 6.45) is 0.357. The highest BCUT2D eigenvalue weighted by atomic mass is 32.2. The van der Waals surface area contributed by atoms with E-state index in [1.165, 1.54) is 0 Å². The topological polar surface area (TPSA) is 92.5 Å². The molecule has 1 amide bonds. The molecule has 6 nitrogen and oxygen atoms in total. The maximum Gasteiger partial charge on any atom is 0.221 e. The number of rotatable bonds is 4. The maximum absolute atomic E-state index is 11.4. The molecule has 1 rings (SSSR count). The minimum Gasteiger partial charge on any atom is -0.359 e. The van der Waals surface area contributed by atoms with Crippen molar-refractivity contribution in [3.8, 4) is 0 Å². The zero-order valence-electron chi connectivity index (χ0n) is 9.64. The second kappa shape index (κ2) is 5.11. The lowest BCUT2D eigenvalue weighted by atomic mass is 10.1. The molecule has 1 saturated heterocycles. The summed E-state index contributed by atoms with van der Waals surface area (Å²) in [7, 11) is 0.376. The lowest BCUT2D eigenvalue weighted by Gasteiger charge is -2.25. The van der Waals surface area contributed by atoms with Crippen molar-refractivity contribution in [1.82, 2.24) is 10.2 Å². The Bertz CT molecular complexity index is 355. The van der Waals surface area contributed by atoms with Crippen LogP contribution in [-0.2, 0) is 14.6 Å². The number of nitrogens with two attached hydrogens (primary N) is 1. The quantitative estimate of drug-likeness (QED) is 0.612. The molecule has 0 saturated carbocycles. The molecule has 2 atom stereocenters. The number of nitrogens with one attached hydrogen (secondary N) is 1. The van der Waals surface area contributed by atoms with Gasteiger partial charge >= 0.3 is 0 Å². The number of carbonyl (C=O) groups excluding carboxylic acids is 1. The Labute approximate surface area is 96.1 Å². The van der Waals surface area contributed by atoms with E-state index in [9.17, 15) is 13.2 Å². The number of nitrogens with zero attached hydrogens (tertiary/aromatic N) is 1. The van der Waals surface area contributed by atoms with Crippen molar-refractivity contribution in [3.63, 3.8) is 0 Å². The van der Waals surface area contributed by atoms with E-state index in [2.05, 4.69) is 5.32 Å². The van der Waals surface area contributed by atoms with Gasteiger partial charge < -0.3 is 16.0 Å². The molecule has 7 heteroatoms. The summed E-state index contributed by atoms with van der Waals surface area (Å²) in [5, 5.41) is 2.52. The summed E-state index contributed by atoms with van der Waals surface area (Å²) in [5.74, 6) is 0.0849. The normalized spacial score (nSPS) is 28.2. The number of amides is 1. The van der Waals surface area contributed by atoms with E-state index in [1.807, 2.05) is 4.90 Å². The fourth-order valence-electron chi connectivity index (χ4n) is 1.88. The van der Waals surface area contributed by atoms with Gasteiger partial charge in [0.25, 0.3) is 0 Å². The molecule has 0 spiro atoms. The third-order valence-electron chi connectivity index (χ3n) is 2.90. The van der Waals surface area contributed by atoms with Crippen LogP contribution >= 0.6 is 0 Å². The molecule has 1 heterocycles. The monoisotopic (exact) mass is 249 g/mol. The minimum atomic E-state index is -3.00. The molecule has 3 N–H and O–H groups in total. The van der Waals surface area contributed by atoms with Gasteiger partial charge in [0.1, 0.15) is 0 Å². The number of hydrogen-bond acceptors (Lipinski definition) is 5. The second-order valence-corrected chi connectivity index (χ2v) is 6.37. The predicted molar refractivity (Wildman–Crippen MR) is 61.7 cm³/mol. The minimum absolute atomic E-state index is 0.0436. The van der Waals surface area contributed by atoms with Crippen molar-refractivity contribution in [2.45, 2.75) is 18.5 Å². The number of hydrogen-bond donors (Lipinski definition) is 2. The molecule has 0 aromatic carbocycles. The fraction of sp³-hybridized carbons (Fsp3) is 0.889. The van der Waals surface area contributed by atoms with E-state index in [-0.39, 0.29) is 29.5 Å². The van der Waals surface area contributed by atoms with E-state index >= 15 is 0 Å². The molecule has 16 heavy (non-hydrogen) atoms. The van der Waals surface area contributed by atoms with Crippen LogP contribution in [0.5, 0.6) is 0 Å². The molecule has 0 bridgehead atoms. The van der Waals surface area contributed by atoms with Gasteiger partial charge in [0.05, 0.1) is 11.5 Å². The highest BCUT2D eigenvalue weighted by Gasteiger charge is 2.37. The lowest BCUT2D eigenvalue weighted by Crippen LogP contribution is -2.46. The average molecular weight is 249 g/mol. The van der Waals surface area contributed by atoms with E-state index in [1.54, 1.807) is 14.1 Å². The van der Waals surface area contributed by atoms with Gasteiger partial charge in [-0.25, -0.2) is 8.42 Å². The number of sulfone groups is 1. The number of carbonyl (C=O) groups is 1. The van der Waals surface area contributed by atoms with Gasteiger partial charge in [-0.3, -0.25) is 4.79 Å². The summed E-state index contributed by atoms with van der Waals surface area (Å²) in [6.45, 7) is 0.521. The Morgan fingerprint density at radius 2 is 2.12 bits per heavy atom. The Morgan fingerprint density at radius 3 is 2.56 bits per heavy atom. The highest BCUT2D eigenvalue weighted by Crippen LogP contribution is 2.15. The van der Waals surface area contributed by atoms with E-state index in [0.717, 1.165) is 0 Å². The molecule has 0 aromatic rings. The van der Waals surface area contributed by atoms with Crippen LogP contribution < -0.4 is 11.1 Å². The van der Waals surface area contributed by atoms with Crippen LogP contribution in [-0.4, -0.2) is 63.5 Å². The first-order valence-electron chi connectivity index (χ1n) is 5.22. The van der Waals surface area contributed by atoms with Crippen LogP contribution in [0.4, 0.5) is 0 Å². The molecule has 0 aromatic heterocycles. The van der Waals surface area contributed by atoms with Crippen molar-refractivity contribution in [2.24, 2.45) is 5.73 Å². The SMILES string of the molecule is CNC(=O)CCN(C)C1CS(=O)(=O)CC1N. The van der Waals surface area contributed by atoms with Crippen molar-refractivity contribution in [1.29, 1.82) is 0 Å². The summed E-state index contributed by atoms with van der Waals surface area (Å²) < 4.78 is 22.7. The Balaban J connectivity index is 2.49. The van der Waals surface area contributed by atoms with Crippen LogP contribution in [0.25, 0.3) is 0 Å². The first-order valence-corrected chi connectivity index (χ1v) is 7.04. The predicted octanol–water partition coefficient (Wildman–Crippen LogP) is -1.82. The van der Waals surface area contributed by atoms with Gasteiger partial charge in [0, 0.05) is 32.1 Å². The van der Waals surface area contributed by atoms with Crippen LogP contribution in [0, 0.1) is 0 Å². The Morgan fingerprint density at radius 1 is 1.50 bits per heavy atom. The smallest absolute Gasteiger partial charge is 0.221 e. The molecular weight excluding hydrogens is 230 g/mol. The van der Waals surface area contributed by atoms with Crippen molar-refractivity contribution < 1.29 is 13.2 Å². The zero-order chi connectivity index (χ0) is 12.3. The molecule has 0 aliphatic carbocycles. The first kappa shape index (κ1) is 13.4. The van der Waals surface area contributed by atoms with Gasteiger partial charge in [0.15, 0.2) is 9.84 Å². The van der Waals surface area contributed by atoms with Crippen LogP contribution in [0.1, 0.15) is 6.42 Å². The second-order valence-electron chi connectivity index (χ2n) is 4.21. The summed E-state index contributed by atoms with van der Waals surface area (Å²) in [6, 6.07) is -0.519. The van der Waals surface area contributed by atoms with E-state index < -0.39 is 9.84 Å². The molecule has 1 aliphatic heterocycles. The summed E-state index contributed by atoms with van der Waals surface area (Å²) >= 11 is 0. The van der Waals surface area contributed by atoms with Gasteiger partial charge in [-0.05, 0) is 7.05 Å². The molecular formula is C9H19N3O3S. The zero-order valence-corrected chi connectivity index (χ0v) is 10.5. The molecule has 2 unspecified atom stereocenters. The average Bonchev–Trinajstić information content (AvgIpc) is 2.48. The van der Waals surface area contributed by atoms with Crippen molar-refractivity contribution in [3.05, 3.63) is 0 Å². The molecule has 1 aliphatic rings. The molecule has 0 radical (unpaired) electrons. The third-order valence-corrected chi connectivity index (χ3v) is 4.64. The summed E-state index contributed by atoms with van der Waals surface area (Å²) in [5.41, 5.74) is 5.77. The molecule has 94 valence electrons. The standard InChI is InChI=1S/C9H19N3O3S/c1-11-9(13)3-4-12(2)8-6-16(14,15)5-7(8)10/h7-8H,3-6,10H2,1-2H3,(H,11,13). The van der Waals surface area contributed by atoms with Crippen molar-refractivity contribution >= 4 is 15.7 Å². The van der Waals surface area contributed by atoms with Gasteiger partial charge in [-0.15, -0.1) is 0 Å². The number of likely N-dealkylation sites (N-methyl/N-ethyl adjacent to an activating group) is 1. The van der Waals surface area contributed by atoms with Crippen LogP contribution in [0.2, 0.25) is 0 Å². The largest absolute Gasteiger partial charge is 0.359 e. The fourth-order valence-corrected chi connectivity index (χ4v) is 3.85. The van der Waals surface area contributed by atoms with E-state index in [4.69, 9.17) is 5.73 Å². The van der Waals surface area contributed by atoms with Crippen molar-refractivity contribution in [2.75, 3.05) is 32.1 Å². The Hall–Kier alpha value is -0.660. The van der Waals surface area contributed by atoms with Crippen LogP contribution in [0.15, 0.2) is 0 Å². The maximum atomic E-state index is 11.4.